The first-order valence-electron chi connectivity index (χ1n) is 6.23. The van der Waals surface area contributed by atoms with Gasteiger partial charge in [0.2, 0.25) is 0 Å². The summed E-state index contributed by atoms with van der Waals surface area (Å²) in [6, 6.07) is 4.54. The van der Waals surface area contributed by atoms with E-state index in [1.54, 1.807) is 6.07 Å². The lowest BCUT2D eigenvalue weighted by Gasteiger charge is -2.20. The SMILES string of the molecule is Cc1cc(F)cc(C(=O)N2CCCCCC2)c1. The van der Waals surface area contributed by atoms with Gasteiger partial charge in [0.1, 0.15) is 5.82 Å². The molecule has 0 radical (unpaired) electrons. The maximum Gasteiger partial charge on any atom is 0.253 e. The van der Waals surface area contributed by atoms with Crippen molar-refractivity contribution in [1.82, 2.24) is 4.90 Å². The van der Waals surface area contributed by atoms with Crippen molar-refractivity contribution in [2.24, 2.45) is 0 Å². The lowest BCUT2D eigenvalue weighted by molar-refractivity contribution is 0.0761. The van der Waals surface area contributed by atoms with E-state index in [1.807, 2.05) is 11.8 Å². The van der Waals surface area contributed by atoms with Gasteiger partial charge in [-0.25, -0.2) is 4.39 Å². The van der Waals surface area contributed by atoms with Crippen molar-refractivity contribution in [2.75, 3.05) is 13.1 Å². The van der Waals surface area contributed by atoms with Crippen LogP contribution >= 0.6 is 0 Å². The molecule has 0 bridgehead atoms. The molecule has 2 nitrogen and oxygen atoms in total. The largest absolute Gasteiger partial charge is 0.339 e. The molecule has 92 valence electrons. The van der Waals surface area contributed by atoms with Crippen molar-refractivity contribution in [2.45, 2.75) is 32.6 Å². The molecule has 0 atom stereocenters. The number of nitrogens with zero attached hydrogens (tertiary/aromatic N) is 1. The van der Waals surface area contributed by atoms with Crippen LogP contribution in [0.2, 0.25) is 0 Å². The fourth-order valence-corrected chi connectivity index (χ4v) is 2.32. The zero-order valence-electron chi connectivity index (χ0n) is 10.2. The zero-order valence-corrected chi connectivity index (χ0v) is 10.2. The summed E-state index contributed by atoms with van der Waals surface area (Å²) in [5, 5.41) is 0. The summed E-state index contributed by atoms with van der Waals surface area (Å²) < 4.78 is 13.3. The molecular formula is C14H18FNO. The van der Waals surface area contributed by atoms with Crippen molar-refractivity contribution in [1.29, 1.82) is 0 Å². The quantitative estimate of drug-likeness (QED) is 0.732. The number of halogens is 1. The third-order valence-electron chi connectivity index (χ3n) is 3.18. The summed E-state index contributed by atoms with van der Waals surface area (Å²) in [6.07, 6.45) is 4.48. The first-order chi connectivity index (χ1) is 8.16. The average Bonchev–Trinajstić information content (AvgIpc) is 2.55. The molecule has 1 heterocycles. The van der Waals surface area contributed by atoms with Gasteiger partial charge in [-0.05, 0) is 43.5 Å². The summed E-state index contributed by atoms with van der Waals surface area (Å²) in [4.78, 5) is 14.1. The van der Waals surface area contributed by atoms with Gasteiger partial charge >= 0.3 is 0 Å². The number of aryl methyl sites for hydroxylation is 1. The van der Waals surface area contributed by atoms with E-state index in [0.29, 0.717) is 5.56 Å². The molecule has 1 aliphatic rings. The van der Waals surface area contributed by atoms with Crippen LogP contribution in [0.3, 0.4) is 0 Å². The molecule has 17 heavy (non-hydrogen) atoms. The minimum absolute atomic E-state index is 0.0329. The van der Waals surface area contributed by atoms with Gasteiger partial charge in [-0.15, -0.1) is 0 Å². The van der Waals surface area contributed by atoms with Crippen molar-refractivity contribution >= 4 is 5.91 Å². The predicted molar refractivity (Wildman–Crippen MR) is 65.5 cm³/mol. The van der Waals surface area contributed by atoms with Crippen LogP contribution in [0.25, 0.3) is 0 Å². The van der Waals surface area contributed by atoms with E-state index >= 15 is 0 Å². The van der Waals surface area contributed by atoms with Crippen molar-refractivity contribution in [3.8, 4) is 0 Å². The number of rotatable bonds is 1. The summed E-state index contributed by atoms with van der Waals surface area (Å²) in [6.45, 7) is 3.41. The van der Waals surface area contributed by atoms with E-state index in [1.165, 1.54) is 25.0 Å². The maximum atomic E-state index is 13.3. The second kappa shape index (κ2) is 5.30. The van der Waals surface area contributed by atoms with Crippen LogP contribution < -0.4 is 0 Å². The van der Waals surface area contributed by atoms with E-state index in [4.69, 9.17) is 0 Å². The Kier molecular flexibility index (Phi) is 3.77. The summed E-state index contributed by atoms with van der Waals surface area (Å²) in [5.41, 5.74) is 1.27. The van der Waals surface area contributed by atoms with Crippen LogP contribution in [0.5, 0.6) is 0 Å². The molecule has 1 aliphatic heterocycles. The molecular weight excluding hydrogens is 217 g/mol. The van der Waals surface area contributed by atoms with Gasteiger partial charge in [-0.3, -0.25) is 4.79 Å². The van der Waals surface area contributed by atoms with E-state index in [0.717, 1.165) is 31.5 Å². The Morgan fingerprint density at radius 3 is 2.35 bits per heavy atom. The molecule has 1 fully saturated rings. The van der Waals surface area contributed by atoms with E-state index < -0.39 is 0 Å². The Morgan fingerprint density at radius 1 is 1.12 bits per heavy atom. The number of hydrogen-bond donors (Lipinski definition) is 0. The molecule has 0 aromatic heterocycles. The van der Waals surface area contributed by atoms with Crippen molar-refractivity contribution in [3.05, 3.63) is 35.1 Å². The third kappa shape index (κ3) is 3.05. The molecule has 0 unspecified atom stereocenters. The van der Waals surface area contributed by atoms with Gasteiger partial charge in [0.15, 0.2) is 0 Å². The smallest absolute Gasteiger partial charge is 0.253 e. The maximum absolute atomic E-state index is 13.3. The van der Waals surface area contributed by atoms with E-state index in [-0.39, 0.29) is 11.7 Å². The van der Waals surface area contributed by atoms with Gasteiger partial charge in [0.25, 0.3) is 5.91 Å². The molecule has 0 N–H and O–H groups in total. The monoisotopic (exact) mass is 235 g/mol. The molecule has 1 aromatic rings. The molecule has 0 saturated carbocycles. The van der Waals surface area contributed by atoms with Gasteiger partial charge in [0, 0.05) is 18.7 Å². The van der Waals surface area contributed by atoms with Crippen LogP contribution in [-0.4, -0.2) is 23.9 Å². The van der Waals surface area contributed by atoms with Crippen LogP contribution in [0.15, 0.2) is 18.2 Å². The second-order valence-corrected chi connectivity index (χ2v) is 4.72. The van der Waals surface area contributed by atoms with E-state index in [9.17, 15) is 9.18 Å². The van der Waals surface area contributed by atoms with Gasteiger partial charge in [0.05, 0.1) is 0 Å². The highest BCUT2D eigenvalue weighted by Gasteiger charge is 2.17. The number of amides is 1. The topological polar surface area (TPSA) is 20.3 Å². The van der Waals surface area contributed by atoms with Gasteiger partial charge in [-0.1, -0.05) is 12.8 Å². The van der Waals surface area contributed by atoms with Crippen molar-refractivity contribution < 1.29 is 9.18 Å². The number of carbonyl (C=O) groups is 1. The second-order valence-electron chi connectivity index (χ2n) is 4.72. The Morgan fingerprint density at radius 2 is 1.76 bits per heavy atom. The fraction of sp³-hybridized carbons (Fsp3) is 0.500. The third-order valence-corrected chi connectivity index (χ3v) is 3.18. The van der Waals surface area contributed by atoms with Crippen LogP contribution in [0, 0.1) is 12.7 Å². The number of likely N-dealkylation sites (tertiary alicyclic amines) is 1. The first kappa shape index (κ1) is 12.1. The summed E-state index contributed by atoms with van der Waals surface area (Å²) in [7, 11) is 0. The highest BCUT2D eigenvalue weighted by molar-refractivity contribution is 5.94. The minimum atomic E-state index is -0.330. The Hall–Kier alpha value is -1.38. The Bertz CT molecular complexity index is 388. The van der Waals surface area contributed by atoms with Gasteiger partial charge in [-0.2, -0.15) is 0 Å². The molecule has 3 heteroatoms. The van der Waals surface area contributed by atoms with Crippen molar-refractivity contribution in [3.63, 3.8) is 0 Å². The lowest BCUT2D eigenvalue weighted by Crippen LogP contribution is -2.31. The molecule has 2 rings (SSSR count). The standard InChI is InChI=1S/C14H18FNO/c1-11-8-12(10-13(15)9-11)14(17)16-6-4-2-3-5-7-16/h8-10H,2-7H2,1H3. The number of benzene rings is 1. The fourth-order valence-electron chi connectivity index (χ4n) is 2.32. The molecule has 0 aliphatic carbocycles. The molecule has 1 amide bonds. The van der Waals surface area contributed by atoms with Gasteiger partial charge < -0.3 is 4.90 Å². The van der Waals surface area contributed by atoms with Crippen LogP contribution in [0.4, 0.5) is 4.39 Å². The number of carbonyl (C=O) groups excluding carboxylic acids is 1. The highest BCUT2D eigenvalue weighted by atomic mass is 19.1. The lowest BCUT2D eigenvalue weighted by atomic mass is 10.1. The summed E-state index contributed by atoms with van der Waals surface area (Å²) >= 11 is 0. The van der Waals surface area contributed by atoms with Crippen LogP contribution in [-0.2, 0) is 0 Å². The minimum Gasteiger partial charge on any atom is -0.339 e. The summed E-state index contributed by atoms with van der Waals surface area (Å²) in [5.74, 6) is -0.363. The highest BCUT2D eigenvalue weighted by Crippen LogP contribution is 2.15. The van der Waals surface area contributed by atoms with Crippen LogP contribution in [0.1, 0.15) is 41.6 Å². The number of hydrogen-bond acceptors (Lipinski definition) is 1. The molecule has 1 aromatic carbocycles. The first-order valence-corrected chi connectivity index (χ1v) is 6.23. The average molecular weight is 235 g/mol. The van der Waals surface area contributed by atoms with E-state index in [2.05, 4.69) is 0 Å². The predicted octanol–water partition coefficient (Wildman–Crippen LogP) is 3.15. The molecule has 0 spiro atoms. The zero-order chi connectivity index (χ0) is 12.3. The Labute approximate surface area is 101 Å². The Balaban J connectivity index is 2.17. The molecule has 1 saturated heterocycles. The normalized spacial score (nSPS) is 16.7.